The largest absolute Gasteiger partial charge is 0.462 e. The van der Waals surface area contributed by atoms with Crippen LogP contribution in [0.4, 0.5) is 16.4 Å². The standard InChI is InChI=1S/C40H36N4O6S2/c1-4-50-40(49)34-26(3)35(38(48)41-29-17-9-6-10-18-29)52-39(34)44-33(45)24-51-31-20-12-19-30(23-31)42-37(47)32(22-27-14-11-13-25(2)21-27)43-36(46)28-15-7-5-8-16-28/h5-23H,4,24H2,1-3H3,(H,41,48)(H,42,47)(H,43,46)(H,44,45)/b32-22+. The van der Waals surface area contributed by atoms with Crippen LogP contribution in [0.3, 0.4) is 0 Å². The number of aryl methyl sites for hydroxylation is 1. The molecule has 12 heteroatoms. The molecule has 52 heavy (non-hydrogen) atoms. The zero-order valence-corrected chi connectivity index (χ0v) is 30.3. The van der Waals surface area contributed by atoms with Gasteiger partial charge in [0.15, 0.2) is 0 Å². The van der Waals surface area contributed by atoms with Gasteiger partial charge in [-0.05, 0) is 80.4 Å². The summed E-state index contributed by atoms with van der Waals surface area (Å²) in [5.41, 5.74) is 3.77. The Bertz CT molecular complexity index is 2130. The minimum absolute atomic E-state index is 0.0339. The lowest BCUT2D eigenvalue weighted by atomic mass is 10.1. The molecule has 10 nitrogen and oxygen atoms in total. The average molecular weight is 733 g/mol. The van der Waals surface area contributed by atoms with Crippen molar-refractivity contribution in [3.63, 3.8) is 0 Å². The molecule has 4 aromatic carbocycles. The van der Waals surface area contributed by atoms with Crippen LogP contribution in [0.2, 0.25) is 0 Å². The van der Waals surface area contributed by atoms with E-state index in [4.69, 9.17) is 4.74 Å². The van der Waals surface area contributed by atoms with Crippen molar-refractivity contribution < 1.29 is 28.7 Å². The Labute approximate surface area is 309 Å². The summed E-state index contributed by atoms with van der Waals surface area (Å²) >= 11 is 2.21. The molecule has 0 bridgehead atoms. The molecular weight excluding hydrogens is 697 g/mol. The third-order valence-electron chi connectivity index (χ3n) is 7.46. The second-order valence-electron chi connectivity index (χ2n) is 11.4. The number of esters is 1. The fourth-order valence-corrected chi connectivity index (χ4v) is 6.88. The van der Waals surface area contributed by atoms with Crippen LogP contribution in [0.1, 0.15) is 54.0 Å². The molecule has 4 N–H and O–H groups in total. The van der Waals surface area contributed by atoms with Crippen LogP contribution in [0.5, 0.6) is 0 Å². The lowest BCUT2D eigenvalue weighted by Crippen LogP contribution is -2.30. The predicted octanol–water partition coefficient (Wildman–Crippen LogP) is 7.93. The highest BCUT2D eigenvalue weighted by Gasteiger charge is 2.27. The van der Waals surface area contributed by atoms with E-state index in [1.807, 2.05) is 37.3 Å². The molecule has 0 aliphatic heterocycles. The van der Waals surface area contributed by atoms with Crippen LogP contribution in [0.25, 0.3) is 6.08 Å². The molecule has 0 saturated carbocycles. The van der Waals surface area contributed by atoms with E-state index in [0.29, 0.717) is 27.4 Å². The van der Waals surface area contributed by atoms with Crippen LogP contribution < -0.4 is 21.3 Å². The van der Waals surface area contributed by atoms with Gasteiger partial charge in [0.1, 0.15) is 10.7 Å². The highest BCUT2D eigenvalue weighted by Crippen LogP contribution is 2.35. The number of nitrogens with one attached hydrogen (secondary N) is 4. The number of anilines is 3. The van der Waals surface area contributed by atoms with Gasteiger partial charge in [0.2, 0.25) is 5.91 Å². The first-order chi connectivity index (χ1) is 25.1. The molecule has 0 atom stereocenters. The number of amides is 4. The van der Waals surface area contributed by atoms with E-state index in [1.165, 1.54) is 11.8 Å². The summed E-state index contributed by atoms with van der Waals surface area (Å²) in [6.07, 6.45) is 1.61. The average Bonchev–Trinajstić information content (AvgIpc) is 3.46. The Morgan fingerprint density at radius 1 is 0.750 bits per heavy atom. The molecule has 0 aliphatic carbocycles. The van der Waals surface area contributed by atoms with E-state index in [2.05, 4.69) is 21.3 Å². The van der Waals surface area contributed by atoms with Crippen molar-refractivity contribution in [3.8, 4) is 0 Å². The Morgan fingerprint density at radius 2 is 1.44 bits per heavy atom. The minimum atomic E-state index is -0.641. The summed E-state index contributed by atoms with van der Waals surface area (Å²) in [5, 5.41) is 11.4. The summed E-state index contributed by atoms with van der Waals surface area (Å²) in [6, 6.07) is 32.0. The lowest BCUT2D eigenvalue weighted by Gasteiger charge is -2.12. The number of carbonyl (C=O) groups is 5. The third-order valence-corrected chi connectivity index (χ3v) is 9.66. The summed E-state index contributed by atoms with van der Waals surface area (Å²) in [6.45, 7) is 5.38. The predicted molar refractivity (Wildman–Crippen MR) is 207 cm³/mol. The van der Waals surface area contributed by atoms with Gasteiger partial charge in [-0.15, -0.1) is 23.1 Å². The van der Waals surface area contributed by atoms with E-state index in [0.717, 1.165) is 22.5 Å². The quantitative estimate of drug-likeness (QED) is 0.0547. The van der Waals surface area contributed by atoms with Crippen molar-refractivity contribution in [2.24, 2.45) is 0 Å². The number of thioether (sulfide) groups is 1. The Hall–Kier alpha value is -5.98. The maximum absolute atomic E-state index is 13.5. The number of hydrogen-bond donors (Lipinski definition) is 4. The number of rotatable bonds is 13. The summed E-state index contributed by atoms with van der Waals surface area (Å²) in [4.78, 5) is 66.7. The Morgan fingerprint density at radius 3 is 2.15 bits per heavy atom. The number of para-hydroxylation sites is 1. The minimum Gasteiger partial charge on any atom is -0.462 e. The fourth-order valence-electron chi connectivity index (χ4n) is 5.02. The summed E-state index contributed by atoms with van der Waals surface area (Å²) in [5.74, 6) is -2.46. The molecule has 5 aromatic rings. The van der Waals surface area contributed by atoms with Gasteiger partial charge in [0.05, 0.1) is 22.8 Å². The van der Waals surface area contributed by atoms with Gasteiger partial charge in [-0.1, -0.05) is 72.3 Å². The van der Waals surface area contributed by atoms with Crippen molar-refractivity contribution in [2.45, 2.75) is 25.7 Å². The van der Waals surface area contributed by atoms with E-state index in [1.54, 1.807) is 98.8 Å². The molecule has 0 radical (unpaired) electrons. The number of ether oxygens (including phenoxy) is 1. The first kappa shape index (κ1) is 37.3. The Balaban J connectivity index is 1.27. The van der Waals surface area contributed by atoms with Crippen LogP contribution >= 0.6 is 23.1 Å². The molecule has 0 saturated heterocycles. The number of carbonyl (C=O) groups excluding carboxylic acids is 5. The molecule has 0 spiro atoms. The molecule has 0 fully saturated rings. The second kappa shape index (κ2) is 17.8. The summed E-state index contributed by atoms with van der Waals surface area (Å²) in [7, 11) is 0. The van der Waals surface area contributed by atoms with E-state index < -0.39 is 29.6 Å². The summed E-state index contributed by atoms with van der Waals surface area (Å²) < 4.78 is 5.23. The number of hydrogen-bond acceptors (Lipinski definition) is 8. The van der Waals surface area contributed by atoms with Crippen molar-refractivity contribution >= 4 is 75.1 Å². The second-order valence-corrected chi connectivity index (χ2v) is 13.5. The lowest BCUT2D eigenvalue weighted by molar-refractivity contribution is -0.114. The molecule has 1 heterocycles. The zero-order valence-electron chi connectivity index (χ0n) is 28.6. The van der Waals surface area contributed by atoms with Gasteiger partial charge in [0, 0.05) is 21.8 Å². The van der Waals surface area contributed by atoms with Crippen LogP contribution in [0, 0.1) is 13.8 Å². The van der Waals surface area contributed by atoms with Gasteiger partial charge >= 0.3 is 5.97 Å². The van der Waals surface area contributed by atoms with Gasteiger partial charge < -0.3 is 26.0 Å². The van der Waals surface area contributed by atoms with Gasteiger partial charge in [-0.25, -0.2) is 4.79 Å². The third kappa shape index (κ3) is 10.1. The van der Waals surface area contributed by atoms with Gasteiger partial charge in [-0.3, -0.25) is 19.2 Å². The number of benzene rings is 4. The highest BCUT2D eigenvalue weighted by atomic mass is 32.2. The normalized spacial score (nSPS) is 10.9. The van der Waals surface area contributed by atoms with Crippen molar-refractivity contribution in [1.82, 2.24) is 5.32 Å². The van der Waals surface area contributed by atoms with Crippen molar-refractivity contribution in [2.75, 3.05) is 28.3 Å². The van der Waals surface area contributed by atoms with Crippen molar-refractivity contribution in [1.29, 1.82) is 0 Å². The van der Waals surface area contributed by atoms with Crippen LogP contribution in [-0.2, 0) is 14.3 Å². The molecule has 4 amide bonds. The van der Waals surface area contributed by atoms with Crippen LogP contribution in [-0.4, -0.2) is 42.0 Å². The first-order valence-corrected chi connectivity index (χ1v) is 18.1. The van der Waals surface area contributed by atoms with E-state index in [9.17, 15) is 24.0 Å². The maximum Gasteiger partial charge on any atom is 0.341 e. The van der Waals surface area contributed by atoms with E-state index >= 15 is 0 Å². The molecule has 5 rings (SSSR count). The number of thiophene rings is 1. The topological polar surface area (TPSA) is 143 Å². The fraction of sp³-hybridized carbons (Fsp3) is 0.125. The van der Waals surface area contributed by atoms with Crippen molar-refractivity contribution in [3.05, 3.63) is 148 Å². The molecule has 0 unspecified atom stereocenters. The smallest absolute Gasteiger partial charge is 0.341 e. The van der Waals surface area contributed by atoms with E-state index in [-0.39, 0.29) is 33.5 Å². The molecule has 264 valence electrons. The highest BCUT2D eigenvalue weighted by molar-refractivity contribution is 8.00. The van der Waals surface area contributed by atoms with Gasteiger partial charge in [-0.2, -0.15) is 0 Å². The van der Waals surface area contributed by atoms with Gasteiger partial charge in [0.25, 0.3) is 17.7 Å². The van der Waals surface area contributed by atoms with Crippen LogP contribution in [0.15, 0.2) is 120 Å². The first-order valence-electron chi connectivity index (χ1n) is 16.3. The zero-order chi connectivity index (χ0) is 37.0. The monoisotopic (exact) mass is 732 g/mol. The SMILES string of the molecule is CCOC(=O)c1c(NC(=O)CSc2cccc(NC(=O)/C(=C\c3cccc(C)c3)NC(=O)c3ccccc3)c2)sc(C(=O)Nc2ccccc2)c1C. The Kier molecular flexibility index (Phi) is 12.8. The maximum atomic E-state index is 13.5. The molecule has 0 aliphatic rings. The molecular formula is C40H36N4O6S2. The molecule has 1 aromatic heterocycles.